The van der Waals surface area contributed by atoms with Gasteiger partial charge in [-0.2, -0.15) is 0 Å². The largest absolute Gasteiger partial charge is 0.497 e. The van der Waals surface area contributed by atoms with Crippen LogP contribution in [0.5, 0.6) is 11.5 Å². The minimum Gasteiger partial charge on any atom is -0.497 e. The van der Waals surface area contributed by atoms with E-state index in [0.717, 1.165) is 23.6 Å². The van der Waals surface area contributed by atoms with E-state index >= 15 is 0 Å². The van der Waals surface area contributed by atoms with Crippen LogP contribution in [0.15, 0.2) is 53.4 Å². The zero-order valence-electron chi connectivity index (χ0n) is 16.7. The van der Waals surface area contributed by atoms with Crippen molar-refractivity contribution in [1.29, 1.82) is 0 Å². The molecule has 1 fully saturated rings. The molecule has 1 saturated heterocycles. The van der Waals surface area contributed by atoms with Gasteiger partial charge in [0, 0.05) is 19.2 Å². The molecule has 156 valence electrons. The van der Waals surface area contributed by atoms with Crippen molar-refractivity contribution in [2.45, 2.75) is 24.2 Å². The number of likely N-dealkylation sites (tertiary alicyclic amines) is 1. The number of carbonyl (C=O) groups excluding carboxylic acids is 1. The standard InChI is InChI=1S/C21H26N2O5S/c1-27-18-11-12-19(28-2)20(15-18)29(25,26)23(17-9-5-3-6-10-17)16-21(24)22-13-7-4-8-14-22/h3,5-6,9-12,15H,4,7-8,13-14,16H2,1-2H3. The zero-order chi connectivity index (χ0) is 20.9. The minimum absolute atomic E-state index is 0.0466. The number of methoxy groups -OCH3 is 2. The summed E-state index contributed by atoms with van der Waals surface area (Å²) in [6.07, 6.45) is 2.96. The fraction of sp³-hybridized carbons (Fsp3) is 0.381. The number of amides is 1. The molecule has 3 rings (SSSR count). The maximum Gasteiger partial charge on any atom is 0.268 e. The SMILES string of the molecule is COc1ccc(OC)c(S(=O)(=O)N(CC(=O)N2CCCCC2)c2ccccc2)c1. The molecule has 0 N–H and O–H groups in total. The Hall–Kier alpha value is -2.74. The Morgan fingerprint density at radius 2 is 1.69 bits per heavy atom. The molecule has 1 aliphatic rings. The van der Waals surface area contributed by atoms with E-state index in [-0.39, 0.29) is 23.1 Å². The van der Waals surface area contributed by atoms with Gasteiger partial charge in [-0.05, 0) is 43.5 Å². The first-order valence-electron chi connectivity index (χ1n) is 9.55. The molecule has 0 unspecified atom stereocenters. The van der Waals surface area contributed by atoms with Crippen LogP contribution in [0.1, 0.15) is 19.3 Å². The molecule has 8 heteroatoms. The van der Waals surface area contributed by atoms with Crippen LogP contribution in [0, 0.1) is 0 Å². The van der Waals surface area contributed by atoms with Crippen LogP contribution in [-0.2, 0) is 14.8 Å². The van der Waals surface area contributed by atoms with Crippen molar-refractivity contribution in [3.63, 3.8) is 0 Å². The van der Waals surface area contributed by atoms with E-state index in [2.05, 4.69) is 0 Å². The van der Waals surface area contributed by atoms with Gasteiger partial charge in [-0.25, -0.2) is 8.42 Å². The second-order valence-corrected chi connectivity index (χ2v) is 8.64. The fourth-order valence-electron chi connectivity index (χ4n) is 3.38. The Labute approximate surface area is 171 Å². The number of benzene rings is 2. The Bertz CT molecular complexity index is 941. The van der Waals surface area contributed by atoms with Crippen molar-refractivity contribution in [1.82, 2.24) is 4.90 Å². The fourth-order valence-corrected chi connectivity index (χ4v) is 4.97. The lowest BCUT2D eigenvalue weighted by atomic mass is 10.1. The lowest BCUT2D eigenvalue weighted by molar-refractivity contribution is -0.130. The van der Waals surface area contributed by atoms with Crippen molar-refractivity contribution >= 4 is 21.6 Å². The number of hydrogen-bond donors (Lipinski definition) is 0. The summed E-state index contributed by atoms with van der Waals surface area (Å²) in [4.78, 5) is 14.6. The highest BCUT2D eigenvalue weighted by molar-refractivity contribution is 7.93. The van der Waals surface area contributed by atoms with Crippen LogP contribution in [0.4, 0.5) is 5.69 Å². The average molecular weight is 419 g/mol. The Balaban J connectivity index is 2.02. The number of hydrogen-bond acceptors (Lipinski definition) is 5. The van der Waals surface area contributed by atoms with Crippen LogP contribution >= 0.6 is 0 Å². The van der Waals surface area contributed by atoms with Gasteiger partial charge in [0.15, 0.2) is 0 Å². The number of carbonyl (C=O) groups is 1. The molecule has 0 aromatic heterocycles. The van der Waals surface area contributed by atoms with Gasteiger partial charge in [-0.1, -0.05) is 18.2 Å². The summed E-state index contributed by atoms with van der Waals surface area (Å²) in [6.45, 7) is 1.04. The molecule has 7 nitrogen and oxygen atoms in total. The first-order valence-corrected chi connectivity index (χ1v) is 11.0. The number of piperidine rings is 1. The lowest BCUT2D eigenvalue weighted by Crippen LogP contribution is -2.44. The number of nitrogens with zero attached hydrogens (tertiary/aromatic N) is 2. The van der Waals surface area contributed by atoms with E-state index in [1.165, 1.54) is 20.3 Å². The van der Waals surface area contributed by atoms with Crippen molar-refractivity contribution in [3.8, 4) is 11.5 Å². The summed E-state index contributed by atoms with van der Waals surface area (Å²) in [5.41, 5.74) is 0.419. The third-order valence-electron chi connectivity index (χ3n) is 4.97. The highest BCUT2D eigenvalue weighted by Crippen LogP contribution is 2.33. The van der Waals surface area contributed by atoms with Crippen LogP contribution < -0.4 is 13.8 Å². The van der Waals surface area contributed by atoms with Gasteiger partial charge in [-0.3, -0.25) is 9.10 Å². The van der Waals surface area contributed by atoms with E-state index < -0.39 is 10.0 Å². The smallest absolute Gasteiger partial charge is 0.268 e. The Morgan fingerprint density at radius 3 is 2.31 bits per heavy atom. The minimum atomic E-state index is -4.08. The normalized spacial score (nSPS) is 14.3. The molecule has 0 aliphatic carbocycles. The quantitative estimate of drug-likeness (QED) is 0.691. The van der Waals surface area contributed by atoms with Gasteiger partial charge in [0.1, 0.15) is 22.9 Å². The molecule has 1 aliphatic heterocycles. The average Bonchev–Trinajstić information content (AvgIpc) is 2.77. The van der Waals surface area contributed by atoms with Gasteiger partial charge in [0.25, 0.3) is 10.0 Å². The van der Waals surface area contributed by atoms with Crippen molar-refractivity contribution in [2.24, 2.45) is 0 Å². The summed E-state index contributed by atoms with van der Waals surface area (Å²) in [5, 5.41) is 0. The van der Waals surface area contributed by atoms with Crippen LogP contribution in [0.3, 0.4) is 0 Å². The topological polar surface area (TPSA) is 76.1 Å². The third-order valence-corrected chi connectivity index (χ3v) is 6.77. The highest BCUT2D eigenvalue weighted by atomic mass is 32.2. The van der Waals surface area contributed by atoms with E-state index in [0.29, 0.717) is 24.5 Å². The predicted molar refractivity (Wildman–Crippen MR) is 111 cm³/mol. The second-order valence-electron chi connectivity index (χ2n) is 6.81. The predicted octanol–water partition coefficient (Wildman–Crippen LogP) is 2.91. The molecule has 1 amide bonds. The summed E-state index contributed by atoms with van der Waals surface area (Å²) in [6, 6.07) is 13.2. The van der Waals surface area contributed by atoms with Crippen LogP contribution in [0.2, 0.25) is 0 Å². The molecule has 0 radical (unpaired) electrons. The van der Waals surface area contributed by atoms with E-state index in [4.69, 9.17) is 9.47 Å². The van der Waals surface area contributed by atoms with E-state index in [1.807, 2.05) is 0 Å². The molecular formula is C21H26N2O5S. The number of anilines is 1. The van der Waals surface area contributed by atoms with Crippen molar-refractivity contribution in [3.05, 3.63) is 48.5 Å². The zero-order valence-corrected chi connectivity index (χ0v) is 17.5. The maximum absolute atomic E-state index is 13.6. The monoisotopic (exact) mass is 418 g/mol. The summed E-state index contributed by atoms with van der Waals surface area (Å²) >= 11 is 0. The third kappa shape index (κ3) is 4.64. The van der Waals surface area contributed by atoms with E-state index in [9.17, 15) is 13.2 Å². The van der Waals surface area contributed by atoms with Gasteiger partial charge in [-0.15, -0.1) is 0 Å². The molecule has 0 saturated carbocycles. The molecule has 29 heavy (non-hydrogen) atoms. The second kappa shape index (κ2) is 9.17. The van der Waals surface area contributed by atoms with E-state index in [1.54, 1.807) is 47.4 Å². The van der Waals surface area contributed by atoms with Gasteiger partial charge >= 0.3 is 0 Å². The van der Waals surface area contributed by atoms with Gasteiger partial charge < -0.3 is 14.4 Å². The first kappa shape index (κ1) is 21.0. The number of para-hydroxylation sites is 1. The van der Waals surface area contributed by atoms with Gasteiger partial charge in [0.05, 0.1) is 19.9 Å². The maximum atomic E-state index is 13.6. The molecule has 1 heterocycles. The summed E-state index contributed by atoms with van der Waals surface area (Å²) in [5.74, 6) is 0.371. The molecule has 0 atom stereocenters. The van der Waals surface area contributed by atoms with Crippen LogP contribution in [0.25, 0.3) is 0 Å². The summed E-state index contributed by atoms with van der Waals surface area (Å²) < 4.78 is 38.9. The molecule has 2 aromatic rings. The first-order chi connectivity index (χ1) is 14.0. The number of rotatable bonds is 7. The Morgan fingerprint density at radius 1 is 1.00 bits per heavy atom. The van der Waals surface area contributed by atoms with Gasteiger partial charge in [0.2, 0.25) is 5.91 Å². The highest BCUT2D eigenvalue weighted by Gasteiger charge is 2.32. The van der Waals surface area contributed by atoms with Crippen molar-refractivity contribution in [2.75, 3.05) is 38.2 Å². The number of ether oxygens (including phenoxy) is 2. The molecule has 0 bridgehead atoms. The number of sulfonamides is 1. The van der Waals surface area contributed by atoms with Crippen LogP contribution in [-0.4, -0.2) is 53.1 Å². The Kier molecular flexibility index (Phi) is 6.64. The van der Waals surface area contributed by atoms with Crippen molar-refractivity contribution < 1.29 is 22.7 Å². The molecular weight excluding hydrogens is 392 g/mol. The molecule has 0 spiro atoms. The lowest BCUT2D eigenvalue weighted by Gasteiger charge is -2.31. The molecule has 2 aromatic carbocycles. The summed E-state index contributed by atoms with van der Waals surface area (Å²) in [7, 11) is -1.21.